The van der Waals surface area contributed by atoms with E-state index in [2.05, 4.69) is 30.7 Å². The summed E-state index contributed by atoms with van der Waals surface area (Å²) in [5, 5.41) is 14.4. The van der Waals surface area contributed by atoms with Crippen LogP contribution in [0.25, 0.3) is 0 Å². The molecule has 1 aromatic heterocycles. The average molecular weight is 536 g/mol. The van der Waals surface area contributed by atoms with E-state index < -0.39 is 35.2 Å². The van der Waals surface area contributed by atoms with E-state index in [-0.39, 0.29) is 34.4 Å². The Balaban J connectivity index is 1.33. The minimum atomic E-state index is -1.59. The smallest absolute Gasteiger partial charge is 0.352 e. The number of nitrogen functional groups attached to an aromatic ring is 1. The maximum atomic E-state index is 12.9. The summed E-state index contributed by atoms with van der Waals surface area (Å²) in [4.78, 5) is 68.4. The molecular weight excluding hydrogens is 514 g/mol. The number of nitroso groups, excluding NO2 is 1. The summed E-state index contributed by atoms with van der Waals surface area (Å²) in [6.07, 6.45) is 2.04. The highest BCUT2D eigenvalue weighted by Gasteiger charge is 2.54. The minimum Gasteiger partial charge on any atom is -0.477 e. The molecule has 3 amide bonds. The number of thioether (sulfide) groups is 1. The number of nitrogens with one attached hydrogen (secondary N) is 3. The lowest BCUT2D eigenvalue weighted by Gasteiger charge is -2.49. The number of hydrazine groups is 1. The Hall–Kier alpha value is -3.41. The molecular formula is C19H21N9O6S2. The molecule has 1 aromatic rings. The molecule has 0 saturated carbocycles. The number of carbonyl (C=O) groups is 4. The Labute approximate surface area is 211 Å². The Morgan fingerprint density at radius 1 is 1.31 bits per heavy atom. The third kappa shape index (κ3) is 4.12. The molecule has 15 nitrogen and oxygen atoms in total. The van der Waals surface area contributed by atoms with Gasteiger partial charge in [-0.15, -0.1) is 16.7 Å². The number of nitrogens with two attached hydrogens (primary N) is 1. The summed E-state index contributed by atoms with van der Waals surface area (Å²) in [5.74, 6) is -2.96. The fraction of sp³-hybridized carbons (Fsp3) is 0.474. The third-order valence-electron chi connectivity index (χ3n) is 6.30. The van der Waals surface area contributed by atoms with Gasteiger partial charge >= 0.3 is 5.97 Å². The molecule has 0 bridgehead atoms. The zero-order chi connectivity index (χ0) is 25.6. The molecule has 190 valence electrons. The standard InChI is InChI=1S/C19H21N9O6S2/c20-19-24-13(26-36-19)10(25-34)14(29)23-11-16(31)28-12(18(32)33)8(6-35-17(11)28)3-7-1-2-27(15(7)30)9-4-21-22-5-9/h3,9-11,17,21-22H,1-2,4-6H2,(H,23,29)(H,32,33)(H2,20,24,26). The number of carbonyl (C=O) groups excluding carboxylic acids is 3. The molecule has 4 aliphatic heterocycles. The van der Waals surface area contributed by atoms with E-state index in [1.165, 1.54) is 11.8 Å². The van der Waals surface area contributed by atoms with Crippen LogP contribution in [0.4, 0.5) is 5.13 Å². The second-order valence-corrected chi connectivity index (χ2v) is 10.3. The van der Waals surface area contributed by atoms with Gasteiger partial charge in [-0.2, -0.15) is 4.37 Å². The first kappa shape index (κ1) is 24.3. The van der Waals surface area contributed by atoms with Crippen molar-refractivity contribution in [2.24, 2.45) is 5.18 Å². The first-order valence-corrected chi connectivity index (χ1v) is 12.7. The average Bonchev–Trinajstić information content (AvgIpc) is 3.60. The van der Waals surface area contributed by atoms with Gasteiger partial charge in [0.2, 0.25) is 11.9 Å². The summed E-state index contributed by atoms with van der Waals surface area (Å²) in [7, 11) is 0. The summed E-state index contributed by atoms with van der Waals surface area (Å²) in [6, 6.07) is -2.63. The molecule has 0 aliphatic carbocycles. The number of anilines is 1. The van der Waals surface area contributed by atoms with Gasteiger partial charge in [-0.25, -0.2) is 9.78 Å². The van der Waals surface area contributed by atoms with Gasteiger partial charge in [-0.05, 0) is 23.2 Å². The van der Waals surface area contributed by atoms with E-state index in [0.29, 0.717) is 37.2 Å². The highest BCUT2D eigenvalue weighted by Crippen LogP contribution is 2.41. The van der Waals surface area contributed by atoms with E-state index in [4.69, 9.17) is 5.73 Å². The number of hydrogen-bond donors (Lipinski definition) is 5. The number of aliphatic carboxylic acids is 1. The third-order valence-corrected chi connectivity index (χ3v) is 8.16. The monoisotopic (exact) mass is 535 g/mol. The van der Waals surface area contributed by atoms with Crippen molar-refractivity contribution in [3.8, 4) is 0 Å². The van der Waals surface area contributed by atoms with Crippen LogP contribution in [-0.4, -0.2) is 90.8 Å². The number of likely N-dealkylation sites (tertiary alicyclic amines) is 1. The fourth-order valence-electron chi connectivity index (χ4n) is 4.56. The van der Waals surface area contributed by atoms with Gasteiger partial charge in [-0.1, -0.05) is 0 Å². The van der Waals surface area contributed by atoms with Gasteiger partial charge in [0.1, 0.15) is 17.1 Å². The van der Waals surface area contributed by atoms with Gasteiger partial charge in [0.05, 0.1) is 6.04 Å². The van der Waals surface area contributed by atoms with E-state index >= 15 is 0 Å². The van der Waals surface area contributed by atoms with Crippen molar-refractivity contribution in [1.29, 1.82) is 0 Å². The summed E-state index contributed by atoms with van der Waals surface area (Å²) in [5.41, 5.74) is 12.1. The topological polar surface area (TPSA) is 212 Å². The molecule has 36 heavy (non-hydrogen) atoms. The molecule has 4 aliphatic rings. The number of fused-ring (bicyclic) bond motifs is 1. The molecule has 5 rings (SSSR count). The molecule has 3 unspecified atom stereocenters. The van der Waals surface area contributed by atoms with Crippen molar-refractivity contribution in [1.82, 2.24) is 35.3 Å². The summed E-state index contributed by atoms with van der Waals surface area (Å²) >= 11 is 2.04. The molecule has 6 N–H and O–H groups in total. The molecule has 5 heterocycles. The van der Waals surface area contributed by atoms with Gasteiger partial charge in [0, 0.05) is 42.5 Å². The predicted octanol–water partition coefficient (Wildman–Crippen LogP) is -1.70. The molecule has 3 atom stereocenters. The lowest BCUT2D eigenvalue weighted by molar-refractivity contribution is -0.150. The normalized spacial score (nSPS) is 26.3. The van der Waals surface area contributed by atoms with Crippen molar-refractivity contribution in [2.45, 2.75) is 29.9 Å². The maximum Gasteiger partial charge on any atom is 0.352 e. The molecule has 3 fully saturated rings. The van der Waals surface area contributed by atoms with Crippen LogP contribution >= 0.6 is 23.3 Å². The number of rotatable bonds is 7. The van der Waals surface area contributed by atoms with Crippen LogP contribution in [0.5, 0.6) is 0 Å². The number of aromatic nitrogens is 2. The van der Waals surface area contributed by atoms with E-state index in [1.54, 1.807) is 11.0 Å². The number of carboxylic acids is 1. The second-order valence-electron chi connectivity index (χ2n) is 8.41. The SMILES string of the molecule is Nc1nc(C(N=O)C(=O)NC2C(=O)N3C(C(=O)O)=C(C=C4CCN(C5CNNC5)C4=O)CSC23)ns1. The van der Waals surface area contributed by atoms with E-state index in [1.807, 2.05) is 0 Å². The Morgan fingerprint density at radius 3 is 2.69 bits per heavy atom. The van der Waals surface area contributed by atoms with Crippen LogP contribution in [0.1, 0.15) is 18.3 Å². The number of nitrogens with zero attached hydrogens (tertiary/aromatic N) is 5. The zero-order valence-corrected chi connectivity index (χ0v) is 20.2. The van der Waals surface area contributed by atoms with Crippen molar-refractivity contribution >= 4 is 52.1 Å². The fourth-order valence-corrected chi connectivity index (χ4v) is 6.32. The molecule has 0 spiro atoms. The van der Waals surface area contributed by atoms with E-state index in [9.17, 15) is 29.2 Å². The van der Waals surface area contributed by atoms with Crippen molar-refractivity contribution < 1.29 is 24.3 Å². The summed E-state index contributed by atoms with van der Waals surface area (Å²) in [6.45, 7) is 1.79. The molecule has 0 radical (unpaired) electrons. The minimum absolute atomic E-state index is 0.0170. The second kappa shape index (κ2) is 9.57. The van der Waals surface area contributed by atoms with Crippen molar-refractivity contribution in [3.05, 3.63) is 33.7 Å². The van der Waals surface area contributed by atoms with Gasteiger partial charge in [0.15, 0.2) is 11.0 Å². The highest BCUT2D eigenvalue weighted by atomic mass is 32.2. The van der Waals surface area contributed by atoms with Crippen LogP contribution in [0.15, 0.2) is 28.1 Å². The van der Waals surface area contributed by atoms with Gasteiger partial charge in [0.25, 0.3) is 11.8 Å². The predicted molar refractivity (Wildman–Crippen MR) is 127 cm³/mol. The Bertz CT molecular complexity index is 1210. The summed E-state index contributed by atoms with van der Waals surface area (Å²) < 4.78 is 3.81. The highest BCUT2D eigenvalue weighted by molar-refractivity contribution is 8.00. The largest absolute Gasteiger partial charge is 0.477 e. The zero-order valence-electron chi connectivity index (χ0n) is 18.5. The number of amides is 3. The van der Waals surface area contributed by atoms with Gasteiger partial charge < -0.3 is 21.1 Å². The van der Waals surface area contributed by atoms with Crippen LogP contribution in [0, 0.1) is 4.91 Å². The quantitative estimate of drug-likeness (QED) is 0.150. The first-order valence-electron chi connectivity index (χ1n) is 10.9. The number of allylic oxidation sites excluding steroid dienone is 1. The lowest BCUT2D eigenvalue weighted by Crippen LogP contribution is -2.70. The number of carboxylic acid groups (broad SMARTS) is 1. The maximum absolute atomic E-state index is 12.9. The van der Waals surface area contributed by atoms with Crippen LogP contribution in [0.2, 0.25) is 0 Å². The van der Waals surface area contributed by atoms with Crippen LogP contribution < -0.4 is 21.9 Å². The van der Waals surface area contributed by atoms with Crippen molar-refractivity contribution in [3.63, 3.8) is 0 Å². The number of β-lactam (4-membered cyclic amide) rings is 1. The molecule has 3 saturated heterocycles. The molecule has 0 aromatic carbocycles. The Kier molecular flexibility index (Phi) is 6.45. The van der Waals surface area contributed by atoms with Gasteiger partial charge in [-0.3, -0.25) is 30.1 Å². The van der Waals surface area contributed by atoms with Crippen LogP contribution in [-0.2, 0) is 19.2 Å². The van der Waals surface area contributed by atoms with Crippen LogP contribution in [0.3, 0.4) is 0 Å². The Morgan fingerprint density at radius 2 is 2.06 bits per heavy atom. The van der Waals surface area contributed by atoms with E-state index in [0.717, 1.165) is 16.4 Å². The number of hydrogen-bond acceptors (Lipinski definition) is 13. The first-order chi connectivity index (χ1) is 17.3. The van der Waals surface area contributed by atoms with Crippen molar-refractivity contribution in [2.75, 3.05) is 31.1 Å². The molecule has 17 heteroatoms. The lowest BCUT2D eigenvalue weighted by atomic mass is 10.0.